The number of nitrogens with one attached hydrogen (secondary N) is 1. The van der Waals surface area contributed by atoms with Gasteiger partial charge in [0, 0.05) is 3.57 Å². The van der Waals surface area contributed by atoms with E-state index in [1.54, 1.807) is 0 Å². The molecule has 0 unspecified atom stereocenters. The highest BCUT2D eigenvalue weighted by molar-refractivity contribution is 14.1. The summed E-state index contributed by atoms with van der Waals surface area (Å²) in [5, 5.41) is 2.03. The lowest BCUT2D eigenvalue weighted by Gasteiger charge is -2.25. The molecule has 7 heteroatoms. The van der Waals surface area contributed by atoms with Crippen LogP contribution in [0.4, 0.5) is 14.9 Å². The second-order valence-electron chi connectivity index (χ2n) is 3.35. The Bertz CT molecular complexity index is 512. The monoisotopic (exact) mass is 348 g/mol. The SMILES string of the molecule is O=C1CC(=O)N(c2ccc(F)cc2I)C(=O)N1. The van der Waals surface area contributed by atoms with Gasteiger partial charge >= 0.3 is 6.03 Å². The van der Waals surface area contributed by atoms with Gasteiger partial charge in [0.1, 0.15) is 12.2 Å². The van der Waals surface area contributed by atoms with Crippen LogP contribution in [0.15, 0.2) is 18.2 Å². The number of carbonyl (C=O) groups is 3. The summed E-state index contributed by atoms with van der Waals surface area (Å²) < 4.78 is 13.3. The molecule has 1 aromatic carbocycles. The zero-order chi connectivity index (χ0) is 12.6. The molecule has 5 nitrogen and oxygen atoms in total. The Kier molecular flexibility index (Phi) is 3.09. The molecule has 1 saturated heterocycles. The van der Waals surface area contributed by atoms with Crippen molar-refractivity contribution in [3.8, 4) is 0 Å². The van der Waals surface area contributed by atoms with Crippen LogP contribution in [0.3, 0.4) is 0 Å². The number of amides is 4. The van der Waals surface area contributed by atoms with Gasteiger partial charge in [0.05, 0.1) is 5.69 Å². The molecular weight excluding hydrogens is 342 g/mol. The molecule has 1 aromatic rings. The molecule has 1 N–H and O–H groups in total. The second kappa shape index (κ2) is 4.40. The number of anilines is 1. The first-order valence-corrected chi connectivity index (χ1v) is 5.69. The van der Waals surface area contributed by atoms with Crippen molar-refractivity contribution >= 4 is 46.1 Å². The summed E-state index contributed by atoms with van der Waals surface area (Å²) in [6.45, 7) is 0. The highest BCUT2D eigenvalue weighted by Gasteiger charge is 2.33. The van der Waals surface area contributed by atoms with Gasteiger partial charge in [-0.3, -0.25) is 14.9 Å². The first-order chi connectivity index (χ1) is 7.99. The molecule has 4 amide bonds. The maximum Gasteiger partial charge on any atom is 0.335 e. The predicted octanol–water partition coefficient (Wildman–Crippen LogP) is 1.40. The van der Waals surface area contributed by atoms with Crippen molar-refractivity contribution in [3.63, 3.8) is 0 Å². The number of barbiturate groups is 1. The van der Waals surface area contributed by atoms with E-state index in [1.807, 2.05) is 27.9 Å². The minimum Gasteiger partial charge on any atom is -0.277 e. The van der Waals surface area contributed by atoms with Crippen LogP contribution in [0.1, 0.15) is 6.42 Å². The predicted molar refractivity (Wildman–Crippen MR) is 64.8 cm³/mol. The molecule has 1 heterocycles. The first-order valence-electron chi connectivity index (χ1n) is 4.61. The van der Waals surface area contributed by atoms with Crippen LogP contribution in [0, 0.1) is 9.39 Å². The van der Waals surface area contributed by atoms with Crippen LogP contribution in [-0.4, -0.2) is 17.8 Å². The third-order valence-electron chi connectivity index (χ3n) is 2.16. The van der Waals surface area contributed by atoms with E-state index in [1.165, 1.54) is 12.1 Å². The summed E-state index contributed by atoms with van der Waals surface area (Å²) in [7, 11) is 0. The Hall–Kier alpha value is -1.51. The Morgan fingerprint density at radius 1 is 1.29 bits per heavy atom. The lowest BCUT2D eigenvalue weighted by molar-refractivity contribution is -0.128. The molecule has 0 atom stereocenters. The van der Waals surface area contributed by atoms with Crippen molar-refractivity contribution in [1.82, 2.24) is 5.32 Å². The van der Waals surface area contributed by atoms with E-state index >= 15 is 0 Å². The summed E-state index contributed by atoms with van der Waals surface area (Å²) in [5.41, 5.74) is 0.266. The molecule has 0 radical (unpaired) electrons. The van der Waals surface area contributed by atoms with Gasteiger partial charge in [-0.05, 0) is 40.8 Å². The summed E-state index contributed by atoms with van der Waals surface area (Å²) in [5.74, 6) is -1.71. The highest BCUT2D eigenvalue weighted by atomic mass is 127. The molecule has 0 aliphatic carbocycles. The highest BCUT2D eigenvalue weighted by Crippen LogP contribution is 2.25. The maximum atomic E-state index is 12.9. The Morgan fingerprint density at radius 3 is 2.59 bits per heavy atom. The number of hydrogen-bond donors (Lipinski definition) is 1. The fourth-order valence-electron chi connectivity index (χ4n) is 1.46. The number of benzene rings is 1. The van der Waals surface area contributed by atoms with E-state index in [0.717, 1.165) is 11.0 Å². The van der Waals surface area contributed by atoms with Gasteiger partial charge in [-0.15, -0.1) is 0 Å². The molecule has 0 bridgehead atoms. The minimum absolute atomic E-state index is 0.266. The summed E-state index contributed by atoms with van der Waals surface area (Å²) in [4.78, 5) is 34.9. The van der Waals surface area contributed by atoms with Crippen molar-refractivity contribution in [1.29, 1.82) is 0 Å². The maximum absolute atomic E-state index is 12.9. The van der Waals surface area contributed by atoms with E-state index < -0.39 is 23.7 Å². The van der Waals surface area contributed by atoms with Crippen molar-refractivity contribution in [2.24, 2.45) is 0 Å². The molecule has 1 aliphatic heterocycles. The van der Waals surface area contributed by atoms with Crippen LogP contribution in [-0.2, 0) is 9.59 Å². The number of urea groups is 1. The van der Waals surface area contributed by atoms with E-state index in [2.05, 4.69) is 0 Å². The van der Waals surface area contributed by atoms with Crippen LogP contribution >= 0.6 is 22.6 Å². The molecule has 0 aromatic heterocycles. The van der Waals surface area contributed by atoms with Crippen LogP contribution in [0.25, 0.3) is 0 Å². The zero-order valence-corrected chi connectivity index (χ0v) is 10.5. The normalized spacial score (nSPS) is 16.1. The molecule has 88 valence electrons. The van der Waals surface area contributed by atoms with Crippen molar-refractivity contribution in [3.05, 3.63) is 27.6 Å². The Morgan fingerprint density at radius 2 is 2.00 bits per heavy atom. The molecular formula is C10H6FIN2O3. The van der Waals surface area contributed by atoms with E-state index in [9.17, 15) is 18.8 Å². The quantitative estimate of drug-likeness (QED) is 0.616. The molecule has 1 fully saturated rings. The van der Waals surface area contributed by atoms with Gasteiger partial charge in [0.15, 0.2) is 0 Å². The topological polar surface area (TPSA) is 66.5 Å². The number of halogens is 2. The molecule has 0 spiro atoms. The number of nitrogens with zero attached hydrogens (tertiary/aromatic N) is 1. The van der Waals surface area contributed by atoms with Gasteiger partial charge in [-0.25, -0.2) is 14.1 Å². The third-order valence-corrected chi connectivity index (χ3v) is 3.03. The lowest BCUT2D eigenvalue weighted by atomic mass is 10.2. The number of rotatable bonds is 1. The Balaban J connectivity index is 2.42. The van der Waals surface area contributed by atoms with Crippen LogP contribution in [0.5, 0.6) is 0 Å². The fourth-order valence-corrected chi connectivity index (χ4v) is 2.17. The molecule has 0 saturated carbocycles. The number of imide groups is 2. The van der Waals surface area contributed by atoms with Gasteiger partial charge in [0.25, 0.3) is 0 Å². The van der Waals surface area contributed by atoms with Gasteiger partial charge in [-0.1, -0.05) is 0 Å². The number of hydrogen-bond acceptors (Lipinski definition) is 3. The van der Waals surface area contributed by atoms with Crippen molar-refractivity contribution in [2.75, 3.05) is 4.90 Å². The summed E-state index contributed by atoms with van der Waals surface area (Å²) in [6.07, 6.45) is -0.390. The minimum atomic E-state index is -0.809. The molecule has 17 heavy (non-hydrogen) atoms. The third kappa shape index (κ3) is 2.28. The number of carbonyl (C=O) groups excluding carboxylic acids is 3. The standard InChI is InChI=1S/C10H6FIN2O3/c11-5-1-2-7(6(12)3-5)14-9(16)4-8(15)13-10(14)17/h1-3H,4H2,(H,13,15,17). The average molecular weight is 348 g/mol. The summed E-state index contributed by atoms with van der Waals surface area (Å²) >= 11 is 1.81. The summed E-state index contributed by atoms with van der Waals surface area (Å²) in [6, 6.07) is 2.86. The van der Waals surface area contributed by atoms with E-state index in [-0.39, 0.29) is 12.1 Å². The van der Waals surface area contributed by atoms with Gasteiger partial charge in [0.2, 0.25) is 11.8 Å². The van der Waals surface area contributed by atoms with Crippen molar-refractivity contribution in [2.45, 2.75) is 6.42 Å². The zero-order valence-electron chi connectivity index (χ0n) is 8.37. The van der Waals surface area contributed by atoms with Gasteiger partial charge in [-0.2, -0.15) is 0 Å². The smallest absolute Gasteiger partial charge is 0.277 e. The fraction of sp³-hybridized carbons (Fsp3) is 0.100. The van der Waals surface area contributed by atoms with Crippen LogP contribution in [0.2, 0.25) is 0 Å². The van der Waals surface area contributed by atoms with Crippen molar-refractivity contribution < 1.29 is 18.8 Å². The van der Waals surface area contributed by atoms with E-state index in [0.29, 0.717) is 3.57 Å². The lowest BCUT2D eigenvalue weighted by Crippen LogP contribution is -2.53. The second-order valence-corrected chi connectivity index (χ2v) is 4.52. The van der Waals surface area contributed by atoms with Gasteiger partial charge < -0.3 is 0 Å². The first kappa shape index (κ1) is 12.0. The largest absolute Gasteiger partial charge is 0.335 e. The average Bonchev–Trinajstić information content (AvgIpc) is 2.19. The molecule has 2 rings (SSSR count). The van der Waals surface area contributed by atoms with E-state index in [4.69, 9.17) is 0 Å². The Labute approximate surface area is 109 Å². The molecule has 1 aliphatic rings. The van der Waals surface area contributed by atoms with Crippen LogP contribution < -0.4 is 10.2 Å².